The van der Waals surface area contributed by atoms with Gasteiger partial charge < -0.3 is 5.32 Å². The summed E-state index contributed by atoms with van der Waals surface area (Å²) in [5, 5.41) is 8.06. The quantitative estimate of drug-likeness (QED) is 0.649. The second-order valence-corrected chi connectivity index (χ2v) is 6.13. The van der Waals surface area contributed by atoms with Crippen LogP contribution in [0.5, 0.6) is 0 Å². The maximum atomic E-state index is 12.3. The fourth-order valence-electron chi connectivity index (χ4n) is 2.35. The number of nitrogens with zero attached hydrogens (tertiary/aromatic N) is 2. The average Bonchev–Trinajstić information content (AvgIpc) is 3.09. The van der Waals surface area contributed by atoms with Crippen molar-refractivity contribution >= 4 is 40.9 Å². The summed E-state index contributed by atoms with van der Waals surface area (Å²) in [7, 11) is 0. The van der Waals surface area contributed by atoms with Crippen LogP contribution in [0.3, 0.4) is 0 Å². The third kappa shape index (κ3) is 4.50. The molecule has 126 valence electrons. The second-order valence-electron chi connectivity index (χ2n) is 5.32. The highest BCUT2D eigenvalue weighted by molar-refractivity contribution is 6.37. The van der Waals surface area contributed by atoms with Gasteiger partial charge in [0.2, 0.25) is 5.91 Å². The molecule has 0 aliphatic carbocycles. The van der Waals surface area contributed by atoms with Gasteiger partial charge in [-0.25, -0.2) is 0 Å². The van der Waals surface area contributed by atoms with Gasteiger partial charge >= 0.3 is 0 Å². The molecule has 0 spiro atoms. The Kier molecular flexibility index (Phi) is 5.53. The Morgan fingerprint density at radius 1 is 1.08 bits per heavy atom. The van der Waals surface area contributed by atoms with Crippen molar-refractivity contribution in [2.45, 2.75) is 6.54 Å². The zero-order valence-electron chi connectivity index (χ0n) is 13.2. The standard InChI is InChI=1S/C19H15Cl2N3O/c20-16-6-3-7-17(21)15(16)9-10-19(25)23-18-8-2-1-5-14(18)13-24-12-4-11-22-24/h1-12H,13H2,(H,23,25)/b10-9+. The number of hydrogen-bond acceptors (Lipinski definition) is 2. The lowest BCUT2D eigenvalue weighted by atomic mass is 10.1. The Bertz CT molecular complexity index is 885. The summed E-state index contributed by atoms with van der Waals surface area (Å²) < 4.78 is 1.80. The molecule has 4 nitrogen and oxygen atoms in total. The monoisotopic (exact) mass is 371 g/mol. The zero-order valence-corrected chi connectivity index (χ0v) is 14.7. The topological polar surface area (TPSA) is 46.9 Å². The normalized spacial score (nSPS) is 11.0. The number of para-hydroxylation sites is 1. The molecule has 1 N–H and O–H groups in total. The van der Waals surface area contributed by atoms with E-state index in [4.69, 9.17) is 23.2 Å². The molecule has 0 aliphatic rings. The van der Waals surface area contributed by atoms with E-state index in [2.05, 4.69) is 10.4 Å². The minimum atomic E-state index is -0.260. The van der Waals surface area contributed by atoms with Crippen molar-refractivity contribution in [1.82, 2.24) is 9.78 Å². The molecule has 6 heteroatoms. The van der Waals surface area contributed by atoms with E-state index in [9.17, 15) is 4.79 Å². The first-order chi connectivity index (χ1) is 12.1. The first kappa shape index (κ1) is 17.3. The average molecular weight is 372 g/mol. The zero-order chi connectivity index (χ0) is 17.6. The maximum Gasteiger partial charge on any atom is 0.248 e. The van der Waals surface area contributed by atoms with Crippen LogP contribution in [0.2, 0.25) is 10.0 Å². The molecule has 1 heterocycles. The lowest BCUT2D eigenvalue weighted by Gasteiger charge is -2.10. The number of rotatable bonds is 5. The van der Waals surface area contributed by atoms with Gasteiger partial charge in [-0.3, -0.25) is 9.48 Å². The van der Waals surface area contributed by atoms with Crippen LogP contribution >= 0.6 is 23.2 Å². The number of nitrogens with one attached hydrogen (secondary N) is 1. The Morgan fingerprint density at radius 3 is 2.56 bits per heavy atom. The number of aromatic nitrogens is 2. The number of halogens is 2. The highest BCUT2D eigenvalue weighted by Crippen LogP contribution is 2.25. The second kappa shape index (κ2) is 8.01. The van der Waals surface area contributed by atoms with Gasteiger partial charge in [0.25, 0.3) is 0 Å². The van der Waals surface area contributed by atoms with Gasteiger partial charge in [0.05, 0.1) is 6.54 Å². The number of benzene rings is 2. The summed E-state index contributed by atoms with van der Waals surface area (Å²) in [4.78, 5) is 12.3. The molecule has 1 aromatic heterocycles. The van der Waals surface area contributed by atoms with Gasteiger partial charge in [-0.05, 0) is 35.9 Å². The van der Waals surface area contributed by atoms with Crippen molar-refractivity contribution in [2.24, 2.45) is 0 Å². The molecule has 0 aliphatic heterocycles. The lowest BCUT2D eigenvalue weighted by molar-refractivity contribution is -0.111. The van der Waals surface area contributed by atoms with Gasteiger partial charge in [-0.15, -0.1) is 0 Å². The van der Waals surface area contributed by atoms with Crippen LogP contribution in [0.4, 0.5) is 5.69 Å². The van der Waals surface area contributed by atoms with Crippen molar-refractivity contribution < 1.29 is 4.79 Å². The molecule has 0 atom stereocenters. The SMILES string of the molecule is O=C(/C=C/c1c(Cl)cccc1Cl)Nc1ccccc1Cn1cccn1. The minimum Gasteiger partial charge on any atom is -0.322 e. The van der Waals surface area contributed by atoms with E-state index in [0.29, 0.717) is 22.2 Å². The Morgan fingerprint density at radius 2 is 1.84 bits per heavy atom. The van der Waals surface area contributed by atoms with Crippen LogP contribution in [-0.2, 0) is 11.3 Å². The molecule has 0 saturated carbocycles. The van der Waals surface area contributed by atoms with Gasteiger partial charge in [0, 0.05) is 39.8 Å². The number of anilines is 1. The molecule has 25 heavy (non-hydrogen) atoms. The third-order valence-corrected chi connectivity index (χ3v) is 4.23. The van der Waals surface area contributed by atoms with Crippen molar-refractivity contribution in [1.29, 1.82) is 0 Å². The summed E-state index contributed by atoms with van der Waals surface area (Å²) in [5.74, 6) is -0.260. The minimum absolute atomic E-state index is 0.260. The Balaban J connectivity index is 1.74. The van der Waals surface area contributed by atoms with Gasteiger partial charge in [-0.2, -0.15) is 5.10 Å². The molecule has 2 aromatic carbocycles. The first-order valence-corrected chi connectivity index (χ1v) is 8.37. The van der Waals surface area contributed by atoms with Crippen LogP contribution < -0.4 is 5.32 Å². The summed E-state index contributed by atoms with van der Waals surface area (Å²) in [6, 6.07) is 14.7. The number of amides is 1. The molecule has 0 unspecified atom stereocenters. The number of carbonyl (C=O) groups excluding carboxylic acids is 1. The van der Waals surface area contributed by atoms with Crippen molar-refractivity contribution in [3.05, 3.63) is 88.2 Å². The van der Waals surface area contributed by atoms with Crippen LogP contribution in [-0.4, -0.2) is 15.7 Å². The molecule has 0 bridgehead atoms. The van der Waals surface area contributed by atoms with Crippen molar-refractivity contribution in [2.75, 3.05) is 5.32 Å². The van der Waals surface area contributed by atoms with Crippen molar-refractivity contribution in [3.63, 3.8) is 0 Å². The molecule has 0 saturated heterocycles. The molecule has 0 fully saturated rings. The largest absolute Gasteiger partial charge is 0.322 e. The van der Waals surface area contributed by atoms with Gasteiger partial charge in [0.1, 0.15) is 0 Å². The van der Waals surface area contributed by atoms with E-state index in [0.717, 1.165) is 11.3 Å². The smallest absolute Gasteiger partial charge is 0.248 e. The van der Waals surface area contributed by atoms with Gasteiger partial charge in [-0.1, -0.05) is 47.5 Å². The predicted octanol–water partition coefficient (Wildman–Crippen LogP) is 4.89. The fraction of sp³-hybridized carbons (Fsp3) is 0.0526. The lowest BCUT2D eigenvalue weighted by Crippen LogP contribution is -2.11. The van der Waals surface area contributed by atoms with E-state index in [1.807, 2.05) is 36.5 Å². The van der Waals surface area contributed by atoms with E-state index in [1.54, 1.807) is 35.2 Å². The van der Waals surface area contributed by atoms with Crippen LogP contribution in [0, 0.1) is 0 Å². The summed E-state index contributed by atoms with van der Waals surface area (Å²) in [5.41, 5.74) is 2.31. The highest BCUT2D eigenvalue weighted by atomic mass is 35.5. The number of carbonyl (C=O) groups is 1. The predicted molar refractivity (Wildman–Crippen MR) is 102 cm³/mol. The Hall–Kier alpha value is -2.56. The van der Waals surface area contributed by atoms with Crippen molar-refractivity contribution in [3.8, 4) is 0 Å². The third-order valence-electron chi connectivity index (χ3n) is 3.57. The van der Waals surface area contributed by atoms with Crippen LogP contribution in [0.15, 0.2) is 67.0 Å². The maximum absolute atomic E-state index is 12.3. The summed E-state index contributed by atoms with van der Waals surface area (Å²) in [6.07, 6.45) is 6.61. The molecular weight excluding hydrogens is 357 g/mol. The fourth-order valence-corrected chi connectivity index (χ4v) is 2.88. The molecular formula is C19H15Cl2N3O. The van der Waals surface area contributed by atoms with E-state index in [-0.39, 0.29) is 5.91 Å². The first-order valence-electron chi connectivity index (χ1n) is 7.62. The molecule has 3 rings (SSSR count). The molecule has 0 radical (unpaired) electrons. The van der Waals surface area contributed by atoms with E-state index in [1.165, 1.54) is 6.08 Å². The van der Waals surface area contributed by atoms with Gasteiger partial charge in [0.15, 0.2) is 0 Å². The number of hydrogen-bond donors (Lipinski definition) is 1. The summed E-state index contributed by atoms with van der Waals surface area (Å²) in [6.45, 7) is 0.573. The molecule has 1 amide bonds. The van der Waals surface area contributed by atoms with E-state index < -0.39 is 0 Å². The van der Waals surface area contributed by atoms with Crippen LogP contribution in [0.25, 0.3) is 6.08 Å². The summed E-state index contributed by atoms with van der Waals surface area (Å²) >= 11 is 12.2. The molecule has 3 aromatic rings. The van der Waals surface area contributed by atoms with E-state index >= 15 is 0 Å². The van der Waals surface area contributed by atoms with Crippen LogP contribution in [0.1, 0.15) is 11.1 Å². The highest BCUT2D eigenvalue weighted by Gasteiger charge is 2.06. The Labute approximate surface area is 155 Å².